The quantitative estimate of drug-likeness (QED) is 0.641. The minimum absolute atomic E-state index is 0.0411. The maximum atomic E-state index is 11.3. The highest BCUT2D eigenvalue weighted by molar-refractivity contribution is 5.74. The van der Waals surface area contributed by atoms with Gasteiger partial charge in [0, 0.05) is 0 Å². The molecule has 0 radical (unpaired) electrons. The molecule has 3 atom stereocenters. The predicted octanol–water partition coefficient (Wildman–Crippen LogP) is 1.13. The minimum atomic E-state index is -0.522. The lowest BCUT2D eigenvalue weighted by molar-refractivity contribution is -0.260. The zero-order chi connectivity index (χ0) is 10.8. The summed E-state index contributed by atoms with van der Waals surface area (Å²) in [6.45, 7) is 8.28. The molecule has 0 saturated carbocycles. The smallest absolute Gasteiger partial charge is 0.334 e. The molecule has 0 bridgehead atoms. The van der Waals surface area contributed by atoms with Gasteiger partial charge in [-0.2, -0.15) is 0 Å². The maximum absolute atomic E-state index is 11.3. The molecule has 1 saturated heterocycles. The molecule has 0 aromatic heterocycles. The average Bonchev–Trinajstić information content (AvgIpc) is 2.15. The summed E-state index contributed by atoms with van der Waals surface area (Å²) in [5.74, 6) is -0.312. The Morgan fingerprint density at radius 3 is 2.71 bits per heavy atom. The Labute approximate surface area is 84.5 Å². The Hall–Kier alpha value is -0.610. The first kappa shape index (κ1) is 11.5. The number of hydrogen-bond donors (Lipinski definition) is 0. The molecule has 0 spiro atoms. The van der Waals surface area contributed by atoms with Crippen LogP contribution in [0.3, 0.4) is 0 Å². The fourth-order valence-corrected chi connectivity index (χ4v) is 1.33. The summed E-state index contributed by atoms with van der Waals surface area (Å²) >= 11 is 0. The minimum Gasteiger partial charge on any atom is -0.464 e. The molecule has 0 amide bonds. The Morgan fingerprint density at radius 2 is 2.36 bits per heavy atom. The van der Waals surface area contributed by atoms with E-state index in [1.807, 2.05) is 13.8 Å². The number of carbonyl (C=O) groups is 1. The fourth-order valence-electron chi connectivity index (χ4n) is 1.33. The van der Waals surface area contributed by atoms with Gasteiger partial charge in [-0.05, 0) is 27.7 Å². The van der Waals surface area contributed by atoms with E-state index in [1.165, 1.54) is 0 Å². The molecule has 0 aliphatic carbocycles. The van der Waals surface area contributed by atoms with E-state index in [4.69, 9.17) is 14.2 Å². The molecule has 1 heterocycles. The molecule has 1 fully saturated rings. The highest BCUT2D eigenvalue weighted by Crippen LogP contribution is 2.30. The topological polar surface area (TPSA) is 44.8 Å². The van der Waals surface area contributed by atoms with Crippen molar-refractivity contribution in [3.05, 3.63) is 0 Å². The van der Waals surface area contributed by atoms with Gasteiger partial charge in [0.25, 0.3) is 0 Å². The third kappa shape index (κ3) is 2.25. The number of esters is 1. The van der Waals surface area contributed by atoms with Crippen molar-refractivity contribution in [2.24, 2.45) is 0 Å². The highest BCUT2D eigenvalue weighted by Gasteiger charge is 2.44. The van der Waals surface area contributed by atoms with Crippen LogP contribution < -0.4 is 0 Å². The highest BCUT2D eigenvalue weighted by atomic mass is 16.6. The van der Waals surface area contributed by atoms with Crippen LogP contribution in [0, 0.1) is 0 Å². The van der Waals surface area contributed by atoms with E-state index in [2.05, 4.69) is 0 Å². The van der Waals surface area contributed by atoms with Crippen molar-refractivity contribution < 1.29 is 19.0 Å². The molecule has 4 nitrogen and oxygen atoms in total. The van der Waals surface area contributed by atoms with Gasteiger partial charge < -0.3 is 14.2 Å². The van der Waals surface area contributed by atoms with Crippen LogP contribution in [0.1, 0.15) is 27.7 Å². The summed E-state index contributed by atoms with van der Waals surface area (Å²) in [4.78, 5) is 11.3. The molecule has 1 aliphatic heterocycles. The molecule has 1 aliphatic rings. The summed E-state index contributed by atoms with van der Waals surface area (Å²) in [6, 6.07) is 0. The molecular weight excluding hydrogens is 184 g/mol. The largest absolute Gasteiger partial charge is 0.464 e. The van der Waals surface area contributed by atoms with Crippen molar-refractivity contribution in [3.63, 3.8) is 0 Å². The Bertz CT molecular complexity index is 216. The number of carbonyl (C=O) groups excluding carboxylic acids is 1. The molecule has 1 rings (SSSR count). The number of rotatable bonds is 4. The van der Waals surface area contributed by atoms with Gasteiger partial charge in [-0.15, -0.1) is 0 Å². The Kier molecular flexibility index (Phi) is 3.50. The number of hydrogen-bond acceptors (Lipinski definition) is 4. The van der Waals surface area contributed by atoms with Crippen molar-refractivity contribution in [1.82, 2.24) is 0 Å². The van der Waals surface area contributed by atoms with Gasteiger partial charge in [-0.3, -0.25) is 0 Å². The van der Waals surface area contributed by atoms with Crippen LogP contribution in [0.2, 0.25) is 0 Å². The first-order chi connectivity index (χ1) is 6.49. The normalized spacial score (nSPS) is 33.3. The van der Waals surface area contributed by atoms with Gasteiger partial charge in [0.1, 0.15) is 5.60 Å². The average molecular weight is 202 g/mol. The standard InChI is InChI=1S/C10H18O4/c1-5-12-9(11)7(2)14-10(4)6-13-8(10)3/h7-8H,5-6H2,1-4H3. The maximum Gasteiger partial charge on any atom is 0.334 e. The summed E-state index contributed by atoms with van der Waals surface area (Å²) in [6.07, 6.45) is -0.481. The van der Waals surface area contributed by atoms with Gasteiger partial charge in [0.05, 0.1) is 19.3 Å². The van der Waals surface area contributed by atoms with Crippen LogP contribution >= 0.6 is 0 Å². The van der Waals surface area contributed by atoms with E-state index in [1.54, 1.807) is 13.8 Å². The molecule has 0 N–H and O–H groups in total. The Morgan fingerprint density at radius 1 is 1.71 bits per heavy atom. The van der Waals surface area contributed by atoms with E-state index >= 15 is 0 Å². The Balaban J connectivity index is 2.40. The van der Waals surface area contributed by atoms with Crippen LogP contribution in [-0.4, -0.2) is 37.0 Å². The van der Waals surface area contributed by atoms with Crippen LogP contribution in [0.15, 0.2) is 0 Å². The zero-order valence-electron chi connectivity index (χ0n) is 9.20. The van der Waals surface area contributed by atoms with Gasteiger partial charge in [-0.25, -0.2) is 4.79 Å². The van der Waals surface area contributed by atoms with E-state index in [0.29, 0.717) is 13.2 Å². The second-order valence-electron chi connectivity index (χ2n) is 3.78. The zero-order valence-corrected chi connectivity index (χ0v) is 9.20. The van der Waals surface area contributed by atoms with Crippen molar-refractivity contribution in [1.29, 1.82) is 0 Å². The lowest BCUT2D eigenvalue weighted by atomic mass is 9.95. The van der Waals surface area contributed by atoms with Crippen molar-refractivity contribution in [3.8, 4) is 0 Å². The van der Waals surface area contributed by atoms with Crippen LogP contribution in [0.25, 0.3) is 0 Å². The van der Waals surface area contributed by atoms with E-state index < -0.39 is 6.10 Å². The molecule has 0 aromatic carbocycles. The van der Waals surface area contributed by atoms with E-state index in [0.717, 1.165) is 0 Å². The van der Waals surface area contributed by atoms with Gasteiger partial charge >= 0.3 is 5.97 Å². The summed E-state index contributed by atoms with van der Waals surface area (Å²) in [5, 5.41) is 0. The van der Waals surface area contributed by atoms with Crippen LogP contribution in [0.4, 0.5) is 0 Å². The van der Waals surface area contributed by atoms with Gasteiger partial charge in [0.2, 0.25) is 0 Å². The SMILES string of the molecule is CCOC(=O)C(C)OC1(C)COC1C. The summed E-state index contributed by atoms with van der Waals surface area (Å²) in [7, 11) is 0. The second kappa shape index (κ2) is 4.28. The van der Waals surface area contributed by atoms with E-state index in [9.17, 15) is 4.79 Å². The lowest BCUT2D eigenvalue weighted by Gasteiger charge is -2.45. The molecular formula is C10H18O4. The van der Waals surface area contributed by atoms with Crippen LogP contribution in [0.5, 0.6) is 0 Å². The first-order valence-corrected chi connectivity index (χ1v) is 4.95. The first-order valence-electron chi connectivity index (χ1n) is 4.95. The van der Waals surface area contributed by atoms with Gasteiger partial charge in [-0.1, -0.05) is 0 Å². The third-order valence-electron chi connectivity index (χ3n) is 2.54. The molecule has 82 valence electrons. The summed E-state index contributed by atoms with van der Waals surface area (Å²) < 4.78 is 15.7. The predicted molar refractivity (Wildman–Crippen MR) is 51.0 cm³/mol. The molecule has 4 heteroatoms. The van der Waals surface area contributed by atoms with Crippen molar-refractivity contribution >= 4 is 5.97 Å². The fraction of sp³-hybridized carbons (Fsp3) is 0.900. The molecule has 14 heavy (non-hydrogen) atoms. The second-order valence-corrected chi connectivity index (χ2v) is 3.78. The molecule has 3 unspecified atom stereocenters. The van der Waals surface area contributed by atoms with Crippen molar-refractivity contribution in [2.75, 3.05) is 13.2 Å². The van der Waals surface area contributed by atoms with E-state index in [-0.39, 0.29) is 17.7 Å². The third-order valence-corrected chi connectivity index (χ3v) is 2.54. The van der Waals surface area contributed by atoms with Crippen LogP contribution in [-0.2, 0) is 19.0 Å². The lowest BCUT2D eigenvalue weighted by Crippen LogP contribution is -2.58. The summed E-state index contributed by atoms with van der Waals surface area (Å²) in [5.41, 5.74) is -0.341. The van der Waals surface area contributed by atoms with Gasteiger partial charge in [0.15, 0.2) is 6.10 Å². The number of ether oxygens (including phenoxy) is 3. The monoisotopic (exact) mass is 202 g/mol. The molecule has 0 aromatic rings. The van der Waals surface area contributed by atoms with Crippen molar-refractivity contribution in [2.45, 2.75) is 45.5 Å².